The number of nitrogens with one attached hydrogen (secondary N) is 1. The molecule has 0 bridgehead atoms. The normalized spacial score (nSPS) is 15.7. The Labute approximate surface area is 167 Å². The molecule has 4 aromatic rings. The van der Waals surface area contributed by atoms with Crippen LogP contribution in [0.3, 0.4) is 0 Å². The molecule has 0 spiro atoms. The second kappa shape index (κ2) is 6.92. The lowest BCUT2D eigenvalue weighted by atomic mass is 9.78. The molecule has 2 aromatic carbocycles. The van der Waals surface area contributed by atoms with E-state index in [1.54, 1.807) is 12.1 Å². The Kier molecular flexibility index (Phi) is 4.23. The molecular weight excluding hydrogens is 369 g/mol. The number of aromatic nitrogens is 5. The highest BCUT2D eigenvalue weighted by molar-refractivity contribution is 5.65. The second-order valence-corrected chi connectivity index (χ2v) is 7.55. The van der Waals surface area contributed by atoms with Gasteiger partial charge in [0.25, 0.3) is 0 Å². The van der Waals surface area contributed by atoms with Gasteiger partial charge in [0.1, 0.15) is 11.6 Å². The first kappa shape index (κ1) is 17.7. The van der Waals surface area contributed by atoms with Gasteiger partial charge in [-0.2, -0.15) is 10.1 Å². The molecule has 1 fully saturated rings. The Bertz CT molecular complexity index is 1160. The molecule has 1 saturated carbocycles. The van der Waals surface area contributed by atoms with Crippen molar-refractivity contribution in [2.45, 2.75) is 38.0 Å². The molecule has 1 aliphatic rings. The summed E-state index contributed by atoms with van der Waals surface area (Å²) in [6, 6.07) is 14.5. The van der Waals surface area contributed by atoms with E-state index in [4.69, 9.17) is 9.51 Å². The van der Waals surface area contributed by atoms with Gasteiger partial charge < -0.3 is 4.52 Å². The highest BCUT2D eigenvalue weighted by Gasteiger charge is 2.42. The molecule has 0 aliphatic heterocycles. The van der Waals surface area contributed by atoms with Gasteiger partial charge in [-0.1, -0.05) is 48.3 Å². The smallest absolute Gasteiger partial charge is 0.237 e. The average molecular weight is 389 g/mol. The molecule has 0 atom stereocenters. The molecule has 6 nitrogen and oxygen atoms in total. The van der Waals surface area contributed by atoms with Crippen molar-refractivity contribution < 1.29 is 8.91 Å². The molecule has 2 heterocycles. The summed E-state index contributed by atoms with van der Waals surface area (Å²) in [7, 11) is 0. The standard InChI is InChI=1S/C22H20FN5O/c1-14-24-19(27-26-14)15-6-4-7-16(12-15)20-25-21(29-28-20)22(10-2-3-11-22)17-8-5-9-18(23)13-17/h4-9,12-13H,2-3,10-11H2,1H3,(H,24,26,27). The van der Waals surface area contributed by atoms with Crippen molar-refractivity contribution in [1.82, 2.24) is 25.3 Å². The number of aryl methyl sites for hydroxylation is 1. The van der Waals surface area contributed by atoms with E-state index in [9.17, 15) is 4.39 Å². The van der Waals surface area contributed by atoms with Gasteiger partial charge >= 0.3 is 0 Å². The van der Waals surface area contributed by atoms with Crippen LogP contribution < -0.4 is 0 Å². The first-order valence-corrected chi connectivity index (χ1v) is 9.74. The molecule has 146 valence electrons. The number of rotatable bonds is 4. The third kappa shape index (κ3) is 3.12. The Morgan fingerprint density at radius 3 is 2.45 bits per heavy atom. The van der Waals surface area contributed by atoms with E-state index in [1.807, 2.05) is 37.3 Å². The molecule has 0 saturated heterocycles. The maximum atomic E-state index is 13.9. The lowest BCUT2D eigenvalue weighted by Crippen LogP contribution is -2.24. The monoisotopic (exact) mass is 389 g/mol. The Balaban J connectivity index is 1.53. The fourth-order valence-corrected chi connectivity index (χ4v) is 4.20. The number of hydrogen-bond donors (Lipinski definition) is 1. The lowest BCUT2D eigenvalue weighted by molar-refractivity contribution is 0.311. The minimum atomic E-state index is -0.425. The zero-order chi connectivity index (χ0) is 19.8. The summed E-state index contributed by atoms with van der Waals surface area (Å²) in [5.74, 6) is 2.19. The van der Waals surface area contributed by atoms with Crippen molar-refractivity contribution in [3.63, 3.8) is 0 Å². The summed E-state index contributed by atoms with van der Waals surface area (Å²) < 4.78 is 19.6. The second-order valence-electron chi connectivity index (χ2n) is 7.55. The van der Waals surface area contributed by atoms with Gasteiger partial charge in [-0.3, -0.25) is 5.10 Å². The average Bonchev–Trinajstić information content (AvgIpc) is 3.49. The first-order chi connectivity index (χ1) is 14.1. The third-order valence-corrected chi connectivity index (χ3v) is 5.65. The Morgan fingerprint density at radius 1 is 0.966 bits per heavy atom. The van der Waals surface area contributed by atoms with Gasteiger partial charge in [-0.05, 0) is 43.5 Å². The van der Waals surface area contributed by atoms with Crippen LogP contribution in [0.15, 0.2) is 53.1 Å². The van der Waals surface area contributed by atoms with E-state index < -0.39 is 5.41 Å². The summed E-state index contributed by atoms with van der Waals surface area (Å²) in [4.78, 5) is 9.11. The van der Waals surface area contributed by atoms with E-state index >= 15 is 0 Å². The first-order valence-electron chi connectivity index (χ1n) is 9.74. The Morgan fingerprint density at radius 2 is 1.72 bits per heavy atom. The summed E-state index contributed by atoms with van der Waals surface area (Å²) >= 11 is 0. The van der Waals surface area contributed by atoms with Gasteiger partial charge in [0.2, 0.25) is 11.7 Å². The van der Waals surface area contributed by atoms with Gasteiger partial charge in [0.15, 0.2) is 5.82 Å². The highest BCUT2D eigenvalue weighted by atomic mass is 19.1. The van der Waals surface area contributed by atoms with Crippen LogP contribution in [0.25, 0.3) is 22.8 Å². The van der Waals surface area contributed by atoms with Crippen LogP contribution in [-0.2, 0) is 5.41 Å². The molecule has 2 aromatic heterocycles. The minimum Gasteiger partial charge on any atom is -0.338 e. The highest BCUT2D eigenvalue weighted by Crippen LogP contribution is 2.46. The van der Waals surface area contributed by atoms with Crippen LogP contribution in [0, 0.1) is 12.7 Å². The number of halogens is 1. The fraction of sp³-hybridized carbons (Fsp3) is 0.273. The van der Waals surface area contributed by atoms with Gasteiger partial charge in [0, 0.05) is 11.1 Å². The summed E-state index contributed by atoms with van der Waals surface area (Å²) in [6.45, 7) is 1.86. The zero-order valence-corrected chi connectivity index (χ0v) is 16.0. The van der Waals surface area contributed by atoms with Crippen molar-refractivity contribution in [3.05, 3.63) is 71.6 Å². The lowest BCUT2D eigenvalue weighted by Gasteiger charge is -2.25. The molecule has 29 heavy (non-hydrogen) atoms. The minimum absolute atomic E-state index is 0.247. The Hall–Kier alpha value is -3.35. The molecule has 5 rings (SSSR count). The van der Waals surface area contributed by atoms with E-state index in [2.05, 4.69) is 20.3 Å². The van der Waals surface area contributed by atoms with Crippen molar-refractivity contribution in [3.8, 4) is 22.8 Å². The molecule has 1 aliphatic carbocycles. The van der Waals surface area contributed by atoms with Crippen LogP contribution in [0.5, 0.6) is 0 Å². The topological polar surface area (TPSA) is 80.5 Å². The molecule has 7 heteroatoms. The van der Waals surface area contributed by atoms with Gasteiger partial charge in [-0.25, -0.2) is 9.37 Å². The van der Waals surface area contributed by atoms with E-state index in [1.165, 1.54) is 6.07 Å². The SMILES string of the molecule is Cc1nc(-c2cccc(-c3noc(C4(c5cccc(F)c5)CCCC4)n3)c2)n[nH]1. The largest absolute Gasteiger partial charge is 0.338 e. The number of aromatic amines is 1. The molecule has 0 amide bonds. The van der Waals surface area contributed by atoms with E-state index in [-0.39, 0.29) is 5.82 Å². The molecule has 0 unspecified atom stereocenters. The predicted octanol–water partition coefficient (Wildman–Crippen LogP) is 4.83. The van der Waals surface area contributed by atoms with Crippen LogP contribution in [0.4, 0.5) is 4.39 Å². The van der Waals surface area contributed by atoms with Gasteiger partial charge in [0.05, 0.1) is 5.41 Å². The quantitative estimate of drug-likeness (QED) is 0.541. The molecular formula is C22H20FN5O. The van der Waals surface area contributed by atoms with E-state index in [0.717, 1.165) is 48.2 Å². The van der Waals surface area contributed by atoms with E-state index in [0.29, 0.717) is 17.5 Å². The van der Waals surface area contributed by atoms with Crippen LogP contribution >= 0.6 is 0 Å². The van der Waals surface area contributed by atoms with Crippen molar-refractivity contribution >= 4 is 0 Å². The maximum Gasteiger partial charge on any atom is 0.237 e. The summed E-state index contributed by atoms with van der Waals surface area (Å²) in [5, 5.41) is 11.3. The molecule has 0 radical (unpaired) electrons. The van der Waals surface area contributed by atoms with Crippen molar-refractivity contribution in [2.24, 2.45) is 0 Å². The fourth-order valence-electron chi connectivity index (χ4n) is 4.20. The van der Waals surface area contributed by atoms with Crippen LogP contribution in [-0.4, -0.2) is 25.3 Å². The summed E-state index contributed by atoms with van der Waals surface area (Å²) in [6.07, 6.45) is 3.84. The number of benzene rings is 2. The maximum absolute atomic E-state index is 13.9. The zero-order valence-electron chi connectivity index (χ0n) is 16.0. The number of hydrogen-bond acceptors (Lipinski definition) is 5. The van der Waals surface area contributed by atoms with Crippen molar-refractivity contribution in [2.75, 3.05) is 0 Å². The summed E-state index contributed by atoms with van der Waals surface area (Å²) in [5.41, 5.74) is 2.17. The number of H-pyrrole nitrogens is 1. The van der Waals surface area contributed by atoms with Crippen LogP contribution in [0.2, 0.25) is 0 Å². The third-order valence-electron chi connectivity index (χ3n) is 5.65. The number of nitrogens with zero attached hydrogens (tertiary/aromatic N) is 4. The predicted molar refractivity (Wildman–Crippen MR) is 105 cm³/mol. The van der Waals surface area contributed by atoms with Crippen LogP contribution in [0.1, 0.15) is 43.0 Å². The molecule has 1 N–H and O–H groups in total. The van der Waals surface area contributed by atoms with Crippen molar-refractivity contribution in [1.29, 1.82) is 0 Å². The van der Waals surface area contributed by atoms with Gasteiger partial charge in [-0.15, -0.1) is 0 Å².